The first-order valence-electron chi connectivity index (χ1n) is 12.9. The Balaban J connectivity index is 0. The molecule has 0 bridgehead atoms. The lowest BCUT2D eigenvalue weighted by atomic mass is 10.1. The van der Waals surface area contributed by atoms with Crippen LogP contribution in [0.1, 0.15) is 136 Å². The van der Waals surface area contributed by atoms with Crippen molar-refractivity contribution in [3.63, 3.8) is 0 Å². The van der Waals surface area contributed by atoms with Crippen molar-refractivity contribution in [1.29, 1.82) is 0 Å². The van der Waals surface area contributed by atoms with E-state index in [0.717, 1.165) is 32.2 Å². The van der Waals surface area contributed by atoms with Gasteiger partial charge in [-0.1, -0.05) is 117 Å². The number of phosphoric ester groups is 1. The van der Waals surface area contributed by atoms with Crippen LogP contribution in [0.4, 0.5) is 0 Å². The molecule has 0 saturated heterocycles. The summed E-state index contributed by atoms with van der Waals surface area (Å²) in [5, 5.41) is 0. The van der Waals surface area contributed by atoms with Crippen molar-refractivity contribution >= 4 is 7.82 Å². The SMILES string of the molecule is CCCCCCCCCCCCN.CCCCCCCCOP(=O)(O)OCCCC. The van der Waals surface area contributed by atoms with Crippen molar-refractivity contribution in [1.82, 2.24) is 0 Å². The fourth-order valence-electron chi connectivity index (χ4n) is 3.06. The van der Waals surface area contributed by atoms with E-state index in [-0.39, 0.29) is 0 Å². The summed E-state index contributed by atoms with van der Waals surface area (Å²) in [5.41, 5.74) is 5.42. The van der Waals surface area contributed by atoms with E-state index in [1.807, 2.05) is 6.92 Å². The minimum absolute atomic E-state index is 0.292. The zero-order chi connectivity index (χ0) is 22.8. The summed E-state index contributed by atoms with van der Waals surface area (Å²) in [6.45, 7) is 7.93. The molecule has 0 aromatic heterocycles. The molecule has 0 saturated carbocycles. The number of unbranched alkanes of at least 4 members (excludes halogenated alkanes) is 15. The first kappa shape index (κ1) is 32.3. The molecule has 1 unspecified atom stereocenters. The summed E-state index contributed by atoms with van der Waals surface area (Å²) in [7, 11) is -3.78. The summed E-state index contributed by atoms with van der Waals surface area (Å²) in [4.78, 5) is 9.29. The molecule has 0 fully saturated rings. The molecule has 3 N–H and O–H groups in total. The van der Waals surface area contributed by atoms with Crippen LogP contribution in [0.2, 0.25) is 0 Å². The molecule has 0 heterocycles. The average molecular weight is 452 g/mol. The van der Waals surface area contributed by atoms with E-state index in [1.54, 1.807) is 0 Å². The minimum atomic E-state index is -3.78. The third-order valence-electron chi connectivity index (χ3n) is 5.06. The summed E-state index contributed by atoms with van der Waals surface area (Å²) in [6.07, 6.45) is 22.4. The summed E-state index contributed by atoms with van der Waals surface area (Å²) in [6, 6.07) is 0. The quantitative estimate of drug-likeness (QED) is 0.128. The third kappa shape index (κ3) is 30.3. The van der Waals surface area contributed by atoms with E-state index in [2.05, 4.69) is 13.8 Å². The Labute approximate surface area is 188 Å². The van der Waals surface area contributed by atoms with E-state index in [4.69, 9.17) is 14.8 Å². The van der Waals surface area contributed by atoms with Gasteiger partial charge in [-0.05, 0) is 25.8 Å². The highest BCUT2D eigenvalue weighted by atomic mass is 31.2. The second-order valence-corrected chi connectivity index (χ2v) is 9.68. The highest BCUT2D eigenvalue weighted by molar-refractivity contribution is 7.47. The van der Waals surface area contributed by atoms with Gasteiger partial charge in [0.05, 0.1) is 13.2 Å². The Morgan fingerprint density at radius 1 is 0.567 bits per heavy atom. The topological polar surface area (TPSA) is 81.8 Å². The van der Waals surface area contributed by atoms with E-state index in [9.17, 15) is 9.46 Å². The molecular weight excluding hydrogens is 397 g/mol. The van der Waals surface area contributed by atoms with Crippen molar-refractivity contribution in [2.75, 3.05) is 19.8 Å². The van der Waals surface area contributed by atoms with Crippen molar-refractivity contribution in [2.24, 2.45) is 5.73 Å². The van der Waals surface area contributed by atoms with Gasteiger partial charge in [-0.15, -0.1) is 0 Å². The van der Waals surface area contributed by atoms with Gasteiger partial charge in [-0.2, -0.15) is 0 Å². The van der Waals surface area contributed by atoms with Crippen molar-refractivity contribution in [2.45, 2.75) is 136 Å². The van der Waals surface area contributed by atoms with Gasteiger partial charge in [-0.25, -0.2) is 4.57 Å². The third-order valence-corrected chi connectivity index (χ3v) is 6.08. The first-order valence-corrected chi connectivity index (χ1v) is 14.4. The van der Waals surface area contributed by atoms with Crippen LogP contribution < -0.4 is 5.73 Å². The van der Waals surface area contributed by atoms with Gasteiger partial charge in [-0.3, -0.25) is 9.05 Å². The summed E-state index contributed by atoms with van der Waals surface area (Å²) < 4.78 is 21.0. The van der Waals surface area contributed by atoms with Crippen LogP contribution in [0, 0.1) is 0 Å². The fraction of sp³-hybridized carbons (Fsp3) is 1.00. The van der Waals surface area contributed by atoms with Crippen molar-refractivity contribution < 1.29 is 18.5 Å². The number of nitrogens with two attached hydrogens (primary N) is 1. The largest absolute Gasteiger partial charge is 0.472 e. The van der Waals surface area contributed by atoms with Gasteiger partial charge >= 0.3 is 7.82 Å². The van der Waals surface area contributed by atoms with Crippen LogP contribution >= 0.6 is 7.82 Å². The Morgan fingerprint density at radius 3 is 1.30 bits per heavy atom. The second-order valence-electron chi connectivity index (χ2n) is 8.23. The molecule has 0 aliphatic heterocycles. The number of hydrogen-bond acceptors (Lipinski definition) is 4. The lowest BCUT2D eigenvalue weighted by Gasteiger charge is -2.11. The molecule has 0 radical (unpaired) electrons. The molecule has 0 aliphatic carbocycles. The zero-order valence-corrected chi connectivity index (χ0v) is 21.4. The van der Waals surface area contributed by atoms with E-state index in [0.29, 0.717) is 13.2 Å². The van der Waals surface area contributed by atoms with Crippen LogP contribution in [0.5, 0.6) is 0 Å². The monoisotopic (exact) mass is 451 g/mol. The van der Waals surface area contributed by atoms with Gasteiger partial charge in [0.15, 0.2) is 0 Å². The number of hydrogen-bond donors (Lipinski definition) is 2. The zero-order valence-electron chi connectivity index (χ0n) is 20.5. The molecule has 0 amide bonds. The van der Waals surface area contributed by atoms with Gasteiger partial charge in [0.25, 0.3) is 0 Å². The van der Waals surface area contributed by atoms with Crippen LogP contribution in [-0.2, 0) is 13.6 Å². The van der Waals surface area contributed by atoms with E-state index < -0.39 is 7.82 Å². The maximum absolute atomic E-state index is 11.3. The van der Waals surface area contributed by atoms with Crippen molar-refractivity contribution in [3.8, 4) is 0 Å². The van der Waals surface area contributed by atoms with Gasteiger partial charge in [0.2, 0.25) is 0 Å². The van der Waals surface area contributed by atoms with Crippen molar-refractivity contribution in [3.05, 3.63) is 0 Å². The minimum Gasteiger partial charge on any atom is -0.330 e. The molecule has 0 aromatic carbocycles. The Bertz CT molecular complexity index is 346. The Morgan fingerprint density at radius 2 is 0.900 bits per heavy atom. The van der Waals surface area contributed by atoms with Crippen LogP contribution in [0.25, 0.3) is 0 Å². The molecule has 0 aliphatic rings. The maximum Gasteiger partial charge on any atom is 0.472 e. The molecule has 184 valence electrons. The highest BCUT2D eigenvalue weighted by Crippen LogP contribution is 2.43. The first-order chi connectivity index (χ1) is 14.5. The second kappa shape index (κ2) is 27.1. The van der Waals surface area contributed by atoms with E-state index in [1.165, 1.54) is 89.9 Å². The van der Waals surface area contributed by atoms with E-state index >= 15 is 0 Å². The smallest absolute Gasteiger partial charge is 0.330 e. The molecule has 0 aromatic rings. The molecule has 6 heteroatoms. The molecule has 1 atom stereocenters. The molecule has 0 spiro atoms. The lowest BCUT2D eigenvalue weighted by molar-refractivity contribution is 0.146. The van der Waals surface area contributed by atoms with Gasteiger partial charge in [0, 0.05) is 0 Å². The Kier molecular flexibility index (Phi) is 29.1. The maximum atomic E-state index is 11.3. The Hall–Kier alpha value is 0.0700. The predicted molar refractivity (Wildman–Crippen MR) is 131 cm³/mol. The average Bonchev–Trinajstić information content (AvgIpc) is 2.72. The predicted octanol–water partition coefficient (Wildman–Crippen LogP) is 8.15. The van der Waals surface area contributed by atoms with Crippen LogP contribution in [-0.4, -0.2) is 24.7 Å². The molecule has 0 rings (SSSR count). The molecule has 5 nitrogen and oxygen atoms in total. The number of rotatable bonds is 22. The van der Waals surface area contributed by atoms with Gasteiger partial charge < -0.3 is 10.6 Å². The highest BCUT2D eigenvalue weighted by Gasteiger charge is 2.19. The summed E-state index contributed by atoms with van der Waals surface area (Å²) in [5.74, 6) is 0. The van der Waals surface area contributed by atoms with Gasteiger partial charge in [0.1, 0.15) is 0 Å². The normalized spacial score (nSPS) is 13.0. The summed E-state index contributed by atoms with van der Waals surface area (Å²) >= 11 is 0. The molecule has 30 heavy (non-hydrogen) atoms. The van der Waals surface area contributed by atoms with Crippen LogP contribution in [0.3, 0.4) is 0 Å². The number of phosphoric acid groups is 1. The van der Waals surface area contributed by atoms with Crippen LogP contribution in [0.15, 0.2) is 0 Å². The molecular formula is C24H54NO4P. The fourth-order valence-corrected chi connectivity index (χ4v) is 3.85. The standard InChI is InChI=1S/C12H27N.C12H27O4P/c1-2-3-4-5-6-7-8-9-10-11-12-13;1-3-5-7-8-9-10-12-16-17(13,14)15-11-6-4-2/h2-13H2,1H3;3-12H2,1-2H3,(H,13,14). The lowest BCUT2D eigenvalue weighted by Crippen LogP contribution is -1.98.